The Labute approximate surface area is 128 Å². The lowest BCUT2D eigenvalue weighted by Gasteiger charge is -2.06. The predicted octanol–water partition coefficient (Wildman–Crippen LogP) is 4.22. The van der Waals surface area contributed by atoms with E-state index in [-0.39, 0.29) is 0 Å². The molecule has 3 rings (SSSR count). The van der Waals surface area contributed by atoms with Gasteiger partial charge in [-0.1, -0.05) is 30.3 Å². The van der Waals surface area contributed by atoms with Gasteiger partial charge in [-0.25, -0.2) is 4.98 Å². The molecule has 2 aromatic carbocycles. The molecule has 106 valence electrons. The summed E-state index contributed by atoms with van der Waals surface area (Å²) in [5, 5.41) is 3.34. The highest BCUT2D eigenvalue weighted by molar-refractivity contribution is 7.99. The van der Waals surface area contributed by atoms with E-state index in [1.165, 1.54) is 4.90 Å². The topological polar surface area (TPSA) is 37.8 Å². The Hall–Kier alpha value is -2.07. The van der Waals surface area contributed by atoms with Crippen LogP contribution >= 0.6 is 11.8 Å². The molecule has 0 amide bonds. The third kappa shape index (κ3) is 3.95. The SMILES string of the molecule is c1ccc(SCCCNc2cnc3ccccc3n2)cc1. The highest BCUT2D eigenvalue weighted by Crippen LogP contribution is 2.17. The number of benzene rings is 2. The van der Waals surface area contributed by atoms with Crippen LogP contribution in [0, 0.1) is 0 Å². The van der Waals surface area contributed by atoms with Gasteiger partial charge < -0.3 is 5.32 Å². The van der Waals surface area contributed by atoms with E-state index in [1.54, 1.807) is 6.20 Å². The van der Waals surface area contributed by atoms with E-state index < -0.39 is 0 Å². The molecule has 0 saturated heterocycles. The van der Waals surface area contributed by atoms with Crippen LogP contribution in [0.15, 0.2) is 65.7 Å². The molecular weight excluding hydrogens is 278 g/mol. The summed E-state index contributed by atoms with van der Waals surface area (Å²) in [4.78, 5) is 10.3. The number of fused-ring (bicyclic) bond motifs is 1. The Bertz CT molecular complexity index is 700. The second kappa shape index (κ2) is 7.09. The van der Waals surface area contributed by atoms with E-state index in [0.717, 1.165) is 35.6 Å². The molecule has 0 bridgehead atoms. The number of nitrogens with zero attached hydrogens (tertiary/aromatic N) is 2. The summed E-state index contributed by atoms with van der Waals surface area (Å²) >= 11 is 1.88. The van der Waals surface area contributed by atoms with Crippen LogP contribution in [0.2, 0.25) is 0 Å². The summed E-state index contributed by atoms with van der Waals surface area (Å²) in [7, 11) is 0. The number of thioether (sulfide) groups is 1. The fraction of sp³-hybridized carbons (Fsp3) is 0.176. The first-order valence-electron chi connectivity index (χ1n) is 7.05. The molecule has 21 heavy (non-hydrogen) atoms. The first-order valence-corrected chi connectivity index (χ1v) is 8.04. The van der Waals surface area contributed by atoms with Crippen molar-refractivity contribution < 1.29 is 0 Å². The van der Waals surface area contributed by atoms with Crippen molar-refractivity contribution in [3.63, 3.8) is 0 Å². The lowest BCUT2D eigenvalue weighted by atomic mass is 10.3. The second-order valence-electron chi connectivity index (χ2n) is 4.69. The van der Waals surface area contributed by atoms with E-state index in [4.69, 9.17) is 0 Å². The van der Waals surface area contributed by atoms with E-state index in [9.17, 15) is 0 Å². The highest BCUT2D eigenvalue weighted by atomic mass is 32.2. The van der Waals surface area contributed by atoms with Gasteiger partial charge in [-0.05, 0) is 36.4 Å². The van der Waals surface area contributed by atoms with E-state index in [2.05, 4.69) is 39.6 Å². The molecule has 0 aliphatic heterocycles. The van der Waals surface area contributed by atoms with Gasteiger partial charge >= 0.3 is 0 Å². The molecule has 0 spiro atoms. The summed E-state index contributed by atoms with van der Waals surface area (Å²) in [5.74, 6) is 1.94. The molecule has 0 unspecified atom stereocenters. The van der Waals surface area contributed by atoms with Crippen LogP contribution in [-0.2, 0) is 0 Å². The fourth-order valence-electron chi connectivity index (χ4n) is 2.04. The molecule has 0 radical (unpaired) electrons. The molecular formula is C17H17N3S. The van der Waals surface area contributed by atoms with Crippen molar-refractivity contribution in [2.75, 3.05) is 17.6 Å². The molecule has 1 heterocycles. The van der Waals surface area contributed by atoms with Gasteiger partial charge in [-0.3, -0.25) is 4.98 Å². The molecule has 1 N–H and O–H groups in total. The molecule has 3 aromatic rings. The quantitative estimate of drug-likeness (QED) is 0.545. The summed E-state index contributed by atoms with van der Waals surface area (Å²) in [6, 6.07) is 18.4. The van der Waals surface area contributed by atoms with Crippen molar-refractivity contribution in [3.05, 3.63) is 60.8 Å². The molecule has 4 heteroatoms. The average Bonchev–Trinajstić information content (AvgIpc) is 2.55. The maximum atomic E-state index is 4.55. The van der Waals surface area contributed by atoms with Gasteiger partial charge in [-0.2, -0.15) is 0 Å². The van der Waals surface area contributed by atoms with Gasteiger partial charge in [0.1, 0.15) is 5.82 Å². The smallest absolute Gasteiger partial charge is 0.145 e. The summed E-state index contributed by atoms with van der Waals surface area (Å²) in [5.41, 5.74) is 1.86. The zero-order valence-electron chi connectivity index (χ0n) is 11.7. The van der Waals surface area contributed by atoms with Crippen molar-refractivity contribution in [1.29, 1.82) is 0 Å². The molecule has 0 saturated carbocycles. The third-order valence-electron chi connectivity index (χ3n) is 3.09. The number of para-hydroxylation sites is 2. The standard InChI is InChI=1S/C17H17N3S/c1-2-7-14(8-3-1)21-12-6-11-18-17-13-19-15-9-4-5-10-16(15)20-17/h1-5,7-10,13H,6,11-12H2,(H,18,20). The van der Waals surface area contributed by atoms with Crippen molar-refractivity contribution in [2.45, 2.75) is 11.3 Å². The van der Waals surface area contributed by atoms with Gasteiger partial charge in [0, 0.05) is 11.4 Å². The number of aromatic nitrogens is 2. The highest BCUT2D eigenvalue weighted by Gasteiger charge is 1.98. The Morgan fingerprint density at radius 2 is 1.67 bits per heavy atom. The Balaban J connectivity index is 1.46. The summed E-state index contributed by atoms with van der Waals surface area (Å²) in [6.07, 6.45) is 2.89. The summed E-state index contributed by atoms with van der Waals surface area (Å²) in [6.45, 7) is 0.910. The van der Waals surface area contributed by atoms with Gasteiger partial charge in [0.05, 0.1) is 17.2 Å². The van der Waals surface area contributed by atoms with Crippen LogP contribution in [0.1, 0.15) is 6.42 Å². The fourth-order valence-corrected chi connectivity index (χ4v) is 2.91. The Morgan fingerprint density at radius 1 is 0.905 bits per heavy atom. The number of anilines is 1. The van der Waals surface area contributed by atoms with Gasteiger partial charge in [0.15, 0.2) is 0 Å². The van der Waals surface area contributed by atoms with E-state index in [0.29, 0.717) is 0 Å². The number of nitrogens with one attached hydrogen (secondary N) is 1. The molecule has 0 atom stereocenters. The largest absolute Gasteiger partial charge is 0.369 e. The lowest BCUT2D eigenvalue weighted by molar-refractivity contribution is 0.980. The van der Waals surface area contributed by atoms with Crippen LogP contribution in [0.25, 0.3) is 11.0 Å². The zero-order valence-corrected chi connectivity index (χ0v) is 12.5. The zero-order chi connectivity index (χ0) is 14.3. The van der Waals surface area contributed by atoms with Gasteiger partial charge in [0.25, 0.3) is 0 Å². The lowest BCUT2D eigenvalue weighted by Crippen LogP contribution is -2.04. The van der Waals surface area contributed by atoms with Gasteiger partial charge in [0.2, 0.25) is 0 Å². The maximum absolute atomic E-state index is 4.55. The van der Waals surface area contributed by atoms with Crippen LogP contribution in [0.4, 0.5) is 5.82 Å². The van der Waals surface area contributed by atoms with Crippen LogP contribution < -0.4 is 5.32 Å². The van der Waals surface area contributed by atoms with Crippen LogP contribution in [0.5, 0.6) is 0 Å². The van der Waals surface area contributed by atoms with E-state index >= 15 is 0 Å². The first-order chi connectivity index (χ1) is 10.4. The van der Waals surface area contributed by atoms with Crippen molar-refractivity contribution in [1.82, 2.24) is 9.97 Å². The minimum absolute atomic E-state index is 0.846. The van der Waals surface area contributed by atoms with Crippen molar-refractivity contribution >= 4 is 28.6 Å². The Kier molecular flexibility index (Phi) is 4.69. The normalized spacial score (nSPS) is 10.7. The number of hydrogen-bond donors (Lipinski definition) is 1. The minimum Gasteiger partial charge on any atom is -0.369 e. The van der Waals surface area contributed by atoms with Crippen LogP contribution in [-0.4, -0.2) is 22.3 Å². The monoisotopic (exact) mass is 295 g/mol. The third-order valence-corrected chi connectivity index (χ3v) is 4.19. The van der Waals surface area contributed by atoms with Crippen molar-refractivity contribution in [3.8, 4) is 0 Å². The Morgan fingerprint density at radius 3 is 2.52 bits per heavy atom. The molecule has 0 aliphatic carbocycles. The predicted molar refractivity (Wildman–Crippen MR) is 89.8 cm³/mol. The molecule has 1 aromatic heterocycles. The number of hydrogen-bond acceptors (Lipinski definition) is 4. The van der Waals surface area contributed by atoms with Gasteiger partial charge in [-0.15, -0.1) is 11.8 Å². The first kappa shape index (κ1) is 13.9. The molecule has 0 fully saturated rings. The van der Waals surface area contributed by atoms with E-state index in [1.807, 2.05) is 42.1 Å². The minimum atomic E-state index is 0.846. The maximum Gasteiger partial charge on any atom is 0.145 e. The van der Waals surface area contributed by atoms with Crippen molar-refractivity contribution in [2.24, 2.45) is 0 Å². The molecule has 0 aliphatic rings. The van der Waals surface area contributed by atoms with Crippen LogP contribution in [0.3, 0.4) is 0 Å². The molecule has 3 nitrogen and oxygen atoms in total. The summed E-state index contributed by atoms with van der Waals surface area (Å²) < 4.78 is 0. The second-order valence-corrected chi connectivity index (χ2v) is 5.85. The average molecular weight is 295 g/mol. The number of rotatable bonds is 6.